The van der Waals surface area contributed by atoms with E-state index in [2.05, 4.69) is 0 Å². The summed E-state index contributed by atoms with van der Waals surface area (Å²) >= 11 is 0. The van der Waals surface area contributed by atoms with Gasteiger partial charge in [-0.25, -0.2) is 0 Å². The van der Waals surface area contributed by atoms with Gasteiger partial charge in [-0.3, -0.25) is 4.79 Å². The minimum atomic E-state index is 0.477. The molecule has 0 amide bonds. The van der Waals surface area contributed by atoms with E-state index in [9.17, 15) is 4.79 Å². The van der Waals surface area contributed by atoms with Crippen molar-refractivity contribution in [2.45, 2.75) is 51.4 Å². The molecule has 1 heteroatoms. The molecule has 0 saturated heterocycles. The first-order valence-electron chi connectivity index (χ1n) is 5.40. The SMILES string of the molecule is O=C1CCC2CCCCCCC12. The van der Waals surface area contributed by atoms with Gasteiger partial charge in [0.1, 0.15) is 5.78 Å². The summed E-state index contributed by atoms with van der Waals surface area (Å²) < 4.78 is 0. The van der Waals surface area contributed by atoms with Crippen LogP contribution in [0.15, 0.2) is 0 Å². The summed E-state index contributed by atoms with van der Waals surface area (Å²) in [5.41, 5.74) is 0. The van der Waals surface area contributed by atoms with Crippen LogP contribution in [0.3, 0.4) is 0 Å². The van der Waals surface area contributed by atoms with Gasteiger partial charge in [0.2, 0.25) is 0 Å². The van der Waals surface area contributed by atoms with Crippen molar-refractivity contribution >= 4 is 5.78 Å². The third kappa shape index (κ3) is 1.55. The molecule has 0 aromatic carbocycles. The Kier molecular flexibility index (Phi) is 2.48. The summed E-state index contributed by atoms with van der Waals surface area (Å²) in [6.45, 7) is 0. The van der Waals surface area contributed by atoms with E-state index in [1.807, 2.05) is 0 Å². The number of rotatable bonds is 0. The van der Waals surface area contributed by atoms with Gasteiger partial charge in [-0.05, 0) is 25.2 Å². The summed E-state index contributed by atoms with van der Waals surface area (Å²) in [5.74, 6) is 1.82. The molecule has 2 aliphatic carbocycles. The third-order valence-electron chi connectivity index (χ3n) is 3.58. The average Bonchev–Trinajstić information content (AvgIpc) is 2.31. The zero-order valence-corrected chi connectivity index (χ0v) is 7.72. The highest BCUT2D eigenvalue weighted by atomic mass is 16.1. The molecule has 0 aromatic heterocycles. The standard InChI is InChI=1S/C11H18O/c12-11-8-7-9-5-3-1-2-4-6-10(9)11/h9-10H,1-8H2. The number of ketones is 1. The first-order valence-corrected chi connectivity index (χ1v) is 5.40. The van der Waals surface area contributed by atoms with Gasteiger partial charge in [0, 0.05) is 12.3 Å². The molecule has 2 saturated carbocycles. The van der Waals surface area contributed by atoms with Crippen LogP contribution in [0.2, 0.25) is 0 Å². The van der Waals surface area contributed by atoms with Crippen molar-refractivity contribution in [3.63, 3.8) is 0 Å². The van der Waals surface area contributed by atoms with E-state index in [1.165, 1.54) is 44.9 Å². The highest BCUT2D eigenvalue weighted by Crippen LogP contribution is 2.37. The lowest BCUT2D eigenvalue weighted by Gasteiger charge is -2.20. The molecule has 0 aromatic rings. The smallest absolute Gasteiger partial charge is 0.136 e. The lowest BCUT2D eigenvalue weighted by Crippen LogP contribution is -2.16. The molecule has 0 N–H and O–H groups in total. The van der Waals surface area contributed by atoms with Crippen LogP contribution in [0, 0.1) is 11.8 Å². The third-order valence-corrected chi connectivity index (χ3v) is 3.58. The van der Waals surface area contributed by atoms with Crippen molar-refractivity contribution in [3.05, 3.63) is 0 Å². The predicted molar refractivity (Wildman–Crippen MR) is 48.9 cm³/mol. The van der Waals surface area contributed by atoms with Crippen LogP contribution in [0.4, 0.5) is 0 Å². The van der Waals surface area contributed by atoms with Crippen LogP contribution < -0.4 is 0 Å². The van der Waals surface area contributed by atoms with Crippen LogP contribution in [0.25, 0.3) is 0 Å². The highest BCUT2D eigenvalue weighted by Gasteiger charge is 2.33. The summed E-state index contributed by atoms with van der Waals surface area (Å²) in [6.07, 6.45) is 10.0. The Balaban J connectivity index is 2.00. The molecule has 2 rings (SSSR count). The topological polar surface area (TPSA) is 17.1 Å². The second kappa shape index (κ2) is 3.59. The predicted octanol–water partition coefficient (Wildman–Crippen LogP) is 2.94. The van der Waals surface area contributed by atoms with Gasteiger partial charge < -0.3 is 0 Å². The minimum Gasteiger partial charge on any atom is -0.299 e. The Bertz CT molecular complexity index is 174. The zero-order chi connectivity index (χ0) is 8.39. The zero-order valence-electron chi connectivity index (χ0n) is 7.72. The molecular formula is C11H18O. The Hall–Kier alpha value is -0.330. The average molecular weight is 166 g/mol. The largest absolute Gasteiger partial charge is 0.299 e. The molecule has 2 atom stereocenters. The van der Waals surface area contributed by atoms with Crippen molar-refractivity contribution in [2.24, 2.45) is 11.8 Å². The van der Waals surface area contributed by atoms with Crippen LogP contribution in [0.5, 0.6) is 0 Å². The van der Waals surface area contributed by atoms with Gasteiger partial charge in [-0.1, -0.05) is 25.7 Å². The van der Waals surface area contributed by atoms with Gasteiger partial charge in [0.15, 0.2) is 0 Å². The second-order valence-corrected chi connectivity index (χ2v) is 4.36. The van der Waals surface area contributed by atoms with E-state index in [1.54, 1.807) is 0 Å². The van der Waals surface area contributed by atoms with E-state index in [0.717, 1.165) is 12.3 Å². The van der Waals surface area contributed by atoms with Crippen LogP contribution in [-0.2, 0) is 4.79 Å². The van der Waals surface area contributed by atoms with Crippen LogP contribution in [-0.4, -0.2) is 5.78 Å². The lowest BCUT2D eigenvalue weighted by atomic mass is 9.84. The number of fused-ring (bicyclic) bond motifs is 1. The maximum absolute atomic E-state index is 11.5. The van der Waals surface area contributed by atoms with Crippen molar-refractivity contribution in [1.82, 2.24) is 0 Å². The molecular weight excluding hydrogens is 148 g/mol. The number of Topliss-reactive ketones (excluding diaryl/α,β-unsaturated/α-hetero) is 1. The fourth-order valence-corrected chi connectivity index (χ4v) is 2.84. The number of carbonyl (C=O) groups excluding carboxylic acids is 1. The number of carbonyl (C=O) groups is 1. The Morgan fingerprint density at radius 1 is 0.917 bits per heavy atom. The van der Waals surface area contributed by atoms with Crippen molar-refractivity contribution in [3.8, 4) is 0 Å². The van der Waals surface area contributed by atoms with Gasteiger partial charge in [0.05, 0.1) is 0 Å². The normalized spacial score (nSPS) is 37.2. The first-order chi connectivity index (χ1) is 5.88. The maximum atomic E-state index is 11.5. The van der Waals surface area contributed by atoms with E-state index >= 15 is 0 Å². The van der Waals surface area contributed by atoms with Gasteiger partial charge >= 0.3 is 0 Å². The van der Waals surface area contributed by atoms with Gasteiger partial charge in [-0.15, -0.1) is 0 Å². The molecule has 2 fully saturated rings. The van der Waals surface area contributed by atoms with Crippen molar-refractivity contribution < 1.29 is 4.79 Å². The Morgan fingerprint density at radius 2 is 1.67 bits per heavy atom. The molecule has 2 unspecified atom stereocenters. The van der Waals surface area contributed by atoms with E-state index < -0.39 is 0 Å². The molecule has 0 aliphatic heterocycles. The van der Waals surface area contributed by atoms with E-state index in [4.69, 9.17) is 0 Å². The monoisotopic (exact) mass is 166 g/mol. The molecule has 1 nitrogen and oxygen atoms in total. The van der Waals surface area contributed by atoms with Crippen LogP contribution >= 0.6 is 0 Å². The lowest BCUT2D eigenvalue weighted by molar-refractivity contribution is -0.121. The quantitative estimate of drug-likeness (QED) is 0.540. The maximum Gasteiger partial charge on any atom is 0.136 e. The summed E-state index contributed by atoms with van der Waals surface area (Å²) in [5, 5.41) is 0. The van der Waals surface area contributed by atoms with Crippen molar-refractivity contribution in [2.75, 3.05) is 0 Å². The second-order valence-electron chi connectivity index (χ2n) is 4.36. The summed E-state index contributed by atoms with van der Waals surface area (Å²) in [7, 11) is 0. The van der Waals surface area contributed by atoms with E-state index in [0.29, 0.717) is 11.7 Å². The molecule has 0 radical (unpaired) electrons. The number of hydrogen-bond donors (Lipinski definition) is 0. The summed E-state index contributed by atoms with van der Waals surface area (Å²) in [4.78, 5) is 11.5. The van der Waals surface area contributed by atoms with Crippen LogP contribution in [0.1, 0.15) is 51.4 Å². The first kappa shape index (κ1) is 8.28. The Labute approximate surface area is 74.5 Å². The van der Waals surface area contributed by atoms with E-state index in [-0.39, 0.29) is 0 Å². The molecule has 2 aliphatic rings. The van der Waals surface area contributed by atoms with Crippen molar-refractivity contribution in [1.29, 1.82) is 0 Å². The molecule has 0 bridgehead atoms. The minimum absolute atomic E-state index is 0.477. The highest BCUT2D eigenvalue weighted by molar-refractivity contribution is 5.83. The molecule has 68 valence electrons. The molecule has 12 heavy (non-hydrogen) atoms. The fraction of sp³-hybridized carbons (Fsp3) is 0.909. The van der Waals surface area contributed by atoms with Gasteiger partial charge in [0.25, 0.3) is 0 Å². The molecule has 0 heterocycles. The van der Waals surface area contributed by atoms with Gasteiger partial charge in [-0.2, -0.15) is 0 Å². The fourth-order valence-electron chi connectivity index (χ4n) is 2.84. The number of hydrogen-bond acceptors (Lipinski definition) is 1. The summed E-state index contributed by atoms with van der Waals surface area (Å²) in [6, 6.07) is 0. The Morgan fingerprint density at radius 3 is 2.50 bits per heavy atom. The molecule has 0 spiro atoms.